The number of nitrogens with one attached hydrogen (secondary N) is 2. The Labute approximate surface area is 173 Å². The van der Waals surface area contributed by atoms with E-state index in [2.05, 4.69) is 20.6 Å². The van der Waals surface area contributed by atoms with Gasteiger partial charge in [-0.1, -0.05) is 18.2 Å². The van der Waals surface area contributed by atoms with Crippen LogP contribution in [0.2, 0.25) is 0 Å². The van der Waals surface area contributed by atoms with Gasteiger partial charge in [-0.3, -0.25) is 4.99 Å². The van der Waals surface area contributed by atoms with Gasteiger partial charge in [0.1, 0.15) is 11.6 Å². The molecule has 0 saturated carbocycles. The Balaban J connectivity index is 0.00000261. The van der Waals surface area contributed by atoms with Crippen LogP contribution in [-0.4, -0.2) is 22.6 Å². The Morgan fingerprint density at radius 1 is 1.07 bits per heavy atom. The molecule has 0 saturated heterocycles. The monoisotopic (exact) mass is 483 g/mol. The van der Waals surface area contributed by atoms with Gasteiger partial charge in [-0.05, 0) is 29.8 Å². The first kappa shape index (κ1) is 20.8. The van der Waals surface area contributed by atoms with Crippen LogP contribution in [0.15, 0.2) is 66.2 Å². The zero-order valence-electron chi connectivity index (χ0n) is 14.7. The molecule has 0 aliphatic rings. The topological polar surface area (TPSA) is 54.2 Å². The second-order valence-corrected chi connectivity index (χ2v) is 5.61. The molecule has 2 aromatic carbocycles. The highest BCUT2D eigenvalue weighted by molar-refractivity contribution is 14.0. The summed E-state index contributed by atoms with van der Waals surface area (Å²) in [4.78, 5) is 8.19. The summed E-state index contributed by atoms with van der Waals surface area (Å²) < 4.78 is 28.9. The van der Waals surface area contributed by atoms with Crippen LogP contribution in [0.5, 0.6) is 0 Å². The number of guanidine groups is 1. The third-order valence-electron chi connectivity index (χ3n) is 3.90. The molecule has 0 atom stereocenters. The first-order chi connectivity index (χ1) is 12.7. The minimum atomic E-state index is -0.472. The molecule has 27 heavy (non-hydrogen) atoms. The average Bonchev–Trinajstić information content (AvgIpc) is 3.19. The second-order valence-electron chi connectivity index (χ2n) is 5.61. The lowest BCUT2D eigenvalue weighted by atomic mass is 10.1. The van der Waals surface area contributed by atoms with E-state index in [-0.39, 0.29) is 36.1 Å². The predicted molar refractivity (Wildman–Crippen MR) is 112 cm³/mol. The maximum absolute atomic E-state index is 13.7. The molecule has 0 fully saturated rings. The van der Waals surface area contributed by atoms with Crippen LogP contribution in [0.4, 0.5) is 8.78 Å². The maximum Gasteiger partial charge on any atom is 0.191 e. The Morgan fingerprint density at radius 2 is 1.81 bits per heavy atom. The molecule has 0 bridgehead atoms. The molecular weight excluding hydrogens is 463 g/mol. The lowest BCUT2D eigenvalue weighted by Crippen LogP contribution is -2.36. The lowest BCUT2D eigenvalue weighted by molar-refractivity contribution is 0.581. The van der Waals surface area contributed by atoms with Crippen molar-refractivity contribution in [2.75, 3.05) is 7.05 Å². The standard InChI is InChI=1S/C19H19F2N5.HI/c1-22-19(25-12-15-10-16(20)6-7-17(15)21)24-11-14-4-2-3-5-18(14)26-9-8-23-13-26;/h2-10,13H,11-12H2,1H3,(H2,22,24,25);1H. The molecule has 1 aromatic heterocycles. The fraction of sp³-hybridized carbons (Fsp3) is 0.158. The van der Waals surface area contributed by atoms with E-state index in [1.807, 2.05) is 35.0 Å². The summed E-state index contributed by atoms with van der Waals surface area (Å²) in [6, 6.07) is 11.3. The highest BCUT2D eigenvalue weighted by Crippen LogP contribution is 2.14. The Bertz CT molecular complexity index is 897. The summed E-state index contributed by atoms with van der Waals surface area (Å²) in [5.41, 5.74) is 2.29. The van der Waals surface area contributed by atoms with Crippen LogP contribution >= 0.6 is 24.0 Å². The van der Waals surface area contributed by atoms with Gasteiger partial charge in [-0.25, -0.2) is 13.8 Å². The number of rotatable bonds is 5. The van der Waals surface area contributed by atoms with Crippen molar-refractivity contribution in [1.29, 1.82) is 0 Å². The van der Waals surface area contributed by atoms with Crippen LogP contribution in [0.25, 0.3) is 5.69 Å². The van der Waals surface area contributed by atoms with Crippen molar-refractivity contribution in [1.82, 2.24) is 20.2 Å². The molecule has 3 aromatic rings. The molecule has 0 amide bonds. The molecule has 142 valence electrons. The van der Waals surface area contributed by atoms with Crippen LogP contribution in [0, 0.1) is 11.6 Å². The quantitative estimate of drug-likeness (QED) is 0.331. The molecular formula is C19H20F2IN5. The number of hydrogen-bond donors (Lipinski definition) is 2. The molecule has 8 heteroatoms. The number of benzene rings is 2. The zero-order valence-corrected chi connectivity index (χ0v) is 17.0. The largest absolute Gasteiger partial charge is 0.352 e. The van der Waals surface area contributed by atoms with Gasteiger partial charge in [0.05, 0.1) is 12.0 Å². The van der Waals surface area contributed by atoms with E-state index in [0.29, 0.717) is 12.5 Å². The number of nitrogens with zero attached hydrogens (tertiary/aromatic N) is 3. The van der Waals surface area contributed by atoms with Crippen molar-refractivity contribution < 1.29 is 8.78 Å². The highest BCUT2D eigenvalue weighted by Gasteiger charge is 2.07. The predicted octanol–water partition coefficient (Wildman–Crippen LogP) is 3.63. The molecule has 0 radical (unpaired) electrons. The first-order valence-electron chi connectivity index (χ1n) is 8.12. The van der Waals surface area contributed by atoms with Gasteiger partial charge in [-0.2, -0.15) is 0 Å². The van der Waals surface area contributed by atoms with Crippen molar-refractivity contribution in [3.05, 3.63) is 83.9 Å². The fourth-order valence-corrected chi connectivity index (χ4v) is 2.57. The van der Waals surface area contributed by atoms with Gasteiger partial charge in [-0.15, -0.1) is 24.0 Å². The van der Waals surface area contributed by atoms with E-state index in [0.717, 1.165) is 23.4 Å². The van der Waals surface area contributed by atoms with Crippen molar-refractivity contribution in [3.63, 3.8) is 0 Å². The van der Waals surface area contributed by atoms with E-state index in [1.165, 1.54) is 6.07 Å². The molecule has 0 spiro atoms. The molecule has 0 aliphatic heterocycles. The minimum Gasteiger partial charge on any atom is -0.352 e. The summed E-state index contributed by atoms with van der Waals surface area (Å²) in [7, 11) is 1.62. The Morgan fingerprint density at radius 3 is 2.52 bits per heavy atom. The summed E-state index contributed by atoms with van der Waals surface area (Å²) in [5.74, 6) is -0.436. The number of hydrogen-bond acceptors (Lipinski definition) is 2. The maximum atomic E-state index is 13.7. The average molecular weight is 483 g/mol. The zero-order chi connectivity index (χ0) is 18.4. The third-order valence-corrected chi connectivity index (χ3v) is 3.90. The van der Waals surface area contributed by atoms with Gasteiger partial charge >= 0.3 is 0 Å². The third kappa shape index (κ3) is 5.49. The molecule has 3 rings (SSSR count). The SMILES string of the molecule is CN=C(NCc1cc(F)ccc1F)NCc1ccccc1-n1ccnc1.I. The van der Waals surface area contributed by atoms with Crippen LogP contribution in [-0.2, 0) is 13.1 Å². The summed E-state index contributed by atoms with van der Waals surface area (Å²) in [6.45, 7) is 0.645. The number of aromatic nitrogens is 2. The minimum absolute atomic E-state index is 0. The molecule has 0 unspecified atom stereocenters. The molecule has 2 N–H and O–H groups in total. The van der Waals surface area contributed by atoms with Gasteiger partial charge in [0, 0.05) is 38.1 Å². The van der Waals surface area contributed by atoms with E-state index >= 15 is 0 Å². The number of aliphatic imine (C=N–C) groups is 1. The van der Waals surface area contributed by atoms with Crippen LogP contribution in [0.3, 0.4) is 0 Å². The smallest absolute Gasteiger partial charge is 0.191 e. The highest BCUT2D eigenvalue weighted by atomic mass is 127. The summed E-state index contributed by atoms with van der Waals surface area (Å²) in [6.07, 6.45) is 5.33. The molecule has 1 heterocycles. The second kappa shape index (κ2) is 10.0. The summed E-state index contributed by atoms with van der Waals surface area (Å²) >= 11 is 0. The summed E-state index contributed by atoms with van der Waals surface area (Å²) in [5, 5.41) is 6.17. The number of para-hydroxylation sites is 1. The Kier molecular flexibility index (Phi) is 7.71. The van der Waals surface area contributed by atoms with E-state index in [1.54, 1.807) is 19.6 Å². The van der Waals surface area contributed by atoms with Gasteiger partial charge < -0.3 is 15.2 Å². The lowest BCUT2D eigenvalue weighted by Gasteiger charge is -2.15. The molecule has 0 aliphatic carbocycles. The van der Waals surface area contributed by atoms with E-state index < -0.39 is 11.6 Å². The van der Waals surface area contributed by atoms with Crippen molar-refractivity contribution in [3.8, 4) is 5.69 Å². The van der Waals surface area contributed by atoms with Gasteiger partial charge in [0.25, 0.3) is 0 Å². The van der Waals surface area contributed by atoms with E-state index in [9.17, 15) is 8.78 Å². The molecule has 5 nitrogen and oxygen atoms in total. The fourth-order valence-electron chi connectivity index (χ4n) is 2.57. The van der Waals surface area contributed by atoms with Crippen molar-refractivity contribution in [2.24, 2.45) is 4.99 Å². The van der Waals surface area contributed by atoms with Gasteiger partial charge in [0.2, 0.25) is 0 Å². The number of halogens is 3. The van der Waals surface area contributed by atoms with Crippen molar-refractivity contribution in [2.45, 2.75) is 13.1 Å². The van der Waals surface area contributed by atoms with E-state index in [4.69, 9.17) is 0 Å². The van der Waals surface area contributed by atoms with Crippen molar-refractivity contribution >= 4 is 29.9 Å². The number of imidazole rings is 1. The normalized spacial score (nSPS) is 11.0. The van der Waals surface area contributed by atoms with Gasteiger partial charge in [0.15, 0.2) is 5.96 Å². The van der Waals surface area contributed by atoms with Crippen LogP contribution in [0.1, 0.15) is 11.1 Å². The Hall–Kier alpha value is -2.49. The first-order valence-corrected chi connectivity index (χ1v) is 8.12. The van der Waals surface area contributed by atoms with Crippen LogP contribution < -0.4 is 10.6 Å².